The molecule has 26 heavy (non-hydrogen) atoms. The van der Waals surface area contributed by atoms with Crippen molar-refractivity contribution >= 4 is 17.6 Å². The number of aromatic nitrogens is 4. The van der Waals surface area contributed by atoms with Gasteiger partial charge in [0.15, 0.2) is 11.6 Å². The number of rotatable bonds is 6. The van der Waals surface area contributed by atoms with Crippen molar-refractivity contribution in [2.24, 2.45) is 5.92 Å². The molecule has 0 bridgehead atoms. The van der Waals surface area contributed by atoms with E-state index in [0.717, 1.165) is 18.8 Å². The second-order valence-corrected chi connectivity index (χ2v) is 7.11. The predicted octanol–water partition coefficient (Wildman–Crippen LogP) is 2.95. The van der Waals surface area contributed by atoms with Crippen molar-refractivity contribution < 1.29 is 14.0 Å². The Balaban J connectivity index is 1.64. The van der Waals surface area contributed by atoms with Crippen LogP contribution in [0.4, 0.5) is 6.01 Å². The number of hydrogen-bond donors (Lipinski definition) is 0. The first kappa shape index (κ1) is 18.8. The number of halogens is 1. The van der Waals surface area contributed by atoms with Crippen LogP contribution in [0.15, 0.2) is 16.9 Å². The van der Waals surface area contributed by atoms with Crippen molar-refractivity contribution in [3.05, 3.63) is 23.5 Å². The summed E-state index contributed by atoms with van der Waals surface area (Å²) in [6.45, 7) is 7.59. The van der Waals surface area contributed by atoms with Crippen molar-refractivity contribution in [1.82, 2.24) is 20.1 Å². The second-order valence-electron chi connectivity index (χ2n) is 6.77. The fraction of sp³-hybridized carbons (Fsp3) is 0.647. The van der Waals surface area contributed by atoms with E-state index in [2.05, 4.69) is 25.0 Å². The van der Waals surface area contributed by atoms with Gasteiger partial charge in [0.2, 0.25) is 5.28 Å². The first-order valence-corrected chi connectivity index (χ1v) is 9.11. The minimum Gasteiger partial charge on any atom is -0.487 e. The number of ether oxygens (including phenoxy) is 2. The molecule has 0 aromatic carbocycles. The maximum absolute atomic E-state index is 5.98. The van der Waals surface area contributed by atoms with Gasteiger partial charge in [-0.2, -0.15) is 4.98 Å². The molecular weight excluding hydrogens is 358 g/mol. The van der Waals surface area contributed by atoms with Gasteiger partial charge in [-0.15, -0.1) is 0 Å². The van der Waals surface area contributed by atoms with Gasteiger partial charge in [0, 0.05) is 32.0 Å². The first-order chi connectivity index (χ1) is 12.5. The third-order valence-electron chi connectivity index (χ3n) is 4.65. The van der Waals surface area contributed by atoms with Crippen LogP contribution in [0, 0.1) is 5.92 Å². The zero-order valence-electron chi connectivity index (χ0n) is 15.4. The molecule has 1 saturated heterocycles. The largest absolute Gasteiger partial charge is 0.487 e. The van der Waals surface area contributed by atoms with Crippen LogP contribution in [-0.2, 0) is 4.74 Å². The van der Waals surface area contributed by atoms with Gasteiger partial charge >= 0.3 is 6.01 Å². The lowest BCUT2D eigenvalue weighted by Gasteiger charge is -2.39. The van der Waals surface area contributed by atoms with Crippen molar-refractivity contribution in [3.63, 3.8) is 0 Å². The Kier molecular flexibility index (Phi) is 5.93. The van der Waals surface area contributed by atoms with Crippen molar-refractivity contribution in [2.45, 2.75) is 45.3 Å². The molecule has 1 fully saturated rings. The number of nitrogens with zero attached hydrogens (tertiary/aromatic N) is 5. The molecular formula is C17H24ClN5O3. The Morgan fingerprint density at radius 3 is 2.62 bits per heavy atom. The molecule has 2 aromatic heterocycles. The molecule has 142 valence electrons. The molecule has 3 unspecified atom stereocenters. The third-order valence-corrected chi connectivity index (χ3v) is 4.85. The summed E-state index contributed by atoms with van der Waals surface area (Å²) in [6, 6.07) is 0.550. The van der Waals surface area contributed by atoms with Crippen LogP contribution in [0.3, 0.4) is 0 Å². The normalized spacial score (nSPS) is 21.8. The molecule has 1 aliphatic heterocycles. The van der Waals surface area contributed by atoms with E-state index in [1.165, 1.54) is 0 Å². The predicted molar refractivity (Wildman–Crippen MR) is 96.6 cm³/mol. The van der Waals surface area contributed by atoms with E-state index in [-0.39, 0.29) is 29.3 Å². The van der Waals surface area contributed by atoms with Crippen LogP contribution < -0.4 is 9.64 Å². The lowest BCUT2D eigenvalue weighted by atomic mass is 9.89. The molecule has 0 spiro atoms. The van der Waals surface area contributed by atoms with E-state index in [0.29, 0.717) is 18.3 Å². The lowest BCUT2D eigenvalue weighted by molar-refractivity contribution is -0.00805. The summed E-state index contributed by atoms with van der Waals surface area (Å²) < 4.78 is 17.1. The number of piperidine rings is 1. The minimum absolute atomic E-state index is 0.0126. The molecule has 2 aromatic rings. The van der Waals surface area contributed by atoms with Gasteiger partial charge in [-0.1, -0.05) is 19.0 Å². The summed E-state index contributed by atoms with van der Waals surface area (Å²) in [7, 11) is 1.71. The highest BCUT2D eigenvalue weighted by molar-refractivity contribution is 6.28. The van der Waals surface area contributed by atoms with Gasteiger partial charge < -0.3 is 18.9 Å². The standard InChI is InChI=1S/C17H24ClN5O3/c1-10(2)15-21-17(26-22-15)23-6-5-13(14(9-23)24-4)11(3)25-12-7-19-16(18)20-8-12/h7-8,10-11,13-14H,5-6,9H2,1-4H3. The summed E-state index contributed by atoms with van der Waals surface area (Å²) in [5, 5.41) is 4.24. The van der Waals surface area contributed by atoms with Crippen LogP contribution in [-0.4, -0.2) is 52.5 Å². The van der Waals surface area contributed by atoms with Crippen molar-refractivity contribution in [3.8, 4) is 5.75 Å². The Hall–Kier alpha value is -1.93. The molecule has 1 aliphatic rings. The average molecular weight is 382 g/mol. The maximum atomic E-state index is 5.98. The molecule has 3 atom stereocenters. The summed E-state index contributed by atoms with van der Waals surface area (Å²) in [5.74, 6) is 1.77. The Bertz CT molecular complexity index is 709. The second kappa shape index (κ2) is 8.18. The molecule has 0 aliphatic carbocycles. The summed E-state index contributed by atoms with van der Waals surface area (Å²) in [4.78, 5) is 14.4. The van der Waals surface area contributed by atoms with E-state index in [4.69, 9.17) is 25.6 Å². The zero-order valence-corrected chi connectivity index (χ0v) is 16.2. The maximum Gasteiger partial charge on any atom is 0.324 e. The lowest BCUT2D eigenvalue weighted by Crippen LogP contribution is -2.49. The van der Waals surface area contributed by atoms with Crippen LogP contribution >= 0.6 is 11.6 Å². The van der Waals surface area contributed by atoms with E-state index < -0.39 is 0 Å². The van der Waals surface area contributed by atoms with Crippen LogP contribution in [0.1, 0.15) is 38.9 Å². The molecule has 3 heterocycles. The molecule has 0 saturated carbocycles. The topological polar surface area (TPSA) is 86.4 Å². The highest BCUT2D eigenvalue weighted by atomic mass is 35.5. The molecule has 0 N–H and O–H groups in total. The van der Waals surface area contributed by atoms with Gasteiger partial charge in [0.1, 0.15) is 6.10 Å². The van der Waals surface area contributed by atoms with Crippen molar-refractivity contribution in [2.75, 3.05) is 25.1 Å². The van der Waals surface area contributed by atoms with Gasteiger partial charge in [-0.05, 0) is 24.9 Å². The third kappa shape index (κ3) is 4.24. The zero-order chi connectivity index (χ0) is 18.7. The van der Waals surface area contributed by atoms with E-state index >= 15 is 0 Å². The van der Waals surface area contributed by atoms with Gasteiger partial charge in [0.05, 0.1) is 18.5 Å². The van der Waals surface area contributed by atoms with Gasteiger partial charge in [0.25, 0.3) is 0 Å². The van der Waals surface area contributed by atoms with Crippen molar-refractivity contribution in [1.29, 1.82) is 0 Å². The number of hydrogen-bond acceptors (Lipinski definition) is 8. The van der Waals surface area contributed by atoms with Crippen LogP contribution in [0.5, 0.6) is 5.75 Å². The molecule has 8 nitrogen and oxygen atoms in total. The van der Waals surface area contributed by atoms with E-state index in [1.807, 2.05) is 20.8 Å². The highest BCUT2D eigenvalue weighted by Gasteiger charge is 2.36. The fourth-order valence-electron chi connectivity index (χ4n) is 3.15. The van der Waals surface area contributed by atoms with Gasteiger partial charge in [-0.3, -0.25) is 0 Å². The summed E-state index contributed by atoms with van der Waals surface area (Å²) in [5.41, 5.74) is 0. The smallest absolute Gasteiger partial charge is 0.324 e. The number of anilines is 1. The van der Waals surface area contributed by atoms with E-state index in [1.54, 1.807) is 19.5 Å². The minimum atomic E-state index is -0.0548. The number of methoxy groups -OCH3 is 1. The average Bonchev–Trinajstić information content (AvgIpc) is 3.13. The SMILES string of the molecule is COC1CN(c2nc(C(C)C)no2)CCC1C(C)Oc1cnc(Cl)nc1. The molecule has 3 rings (SSSR count). The Morgan fingerprint density at radius 2 is 2.00 bits per heavy atom. The highest BCUT2D eigenvalue weighted by Crippen LogP contribution is 2.29. The summed E-state index contributed by atoms with van der Waals surface area (Å²) in [6.07, 6.45) is 3.97. The molecule has 0 radical (unpaired) electrons. The fourth-order valence-corrected chi connectivity index (χ4v) is 3.25. The molecule has 9 heteroatoms. The van der Waals surface area contributed by atoms with Crippen LogP contribution in [0.25, 0.3) is 0 Å². The monoisotopic (exact) mass is 381 g/mol. The Labute approximate surface area is 157 Å². The first-order valence-electron chi connectivity index (χ1n) is 8.73. The summed E-state index contributed by atoms with van der Waals surface area (Å²) >= 11 is 5.71. The Morgan fingerprint density at radius 1 is 1.27 bits per heavy atom. The van der Waals surface area contributed by atoms with Gasteiger partial charge in [-0.25, -0.2) is 9.97 Å². The molecule has 0 amide bonds. The van der Waals surface area contributed by atoms with Crippen LogP contribution in [0.2, 0.25) is 5.28 Å². The van der Waals surface area contributed by atoms with E-state index in [9.17, 15) is 0 Å². The quantitative estimate of drug-likeness (QED) is 0.706.